The van der Waals surface area contributed by atoms with Crippen molar-refractivity contribution >= 4 is 22.5 Å². The molecule has 2 aromatic rings. The molecule has 2 heterocycles. The van der Waals surface area contributed by atoms with Gasteiger partial charge >= 0.3 is 6.03 Å². The first-order valence-corrected chi connectivity index (χ1v) is 9.19. The molecule has 1 aliphatic heterocycles. The summed E-state index contributed by atoms with van der Waals surface area (Å²) in [5, 5.41) is 4.54. The van der Waals surface area contributed by atoms with Crippen LogP contribution in [0, 0.1) is 0 Å². The lowest BCUT2D eigenvalue weighted by atomic mass is 9.81. The molecule has 2 amide bonds. The van der Waals surface area contributed by atoms with Crippen LogP contribution in [0.25, 0.3) is 16.5 Å². The molecule has 2 N–H and O–H groups in total. The second kappa shape index (κ2) is 6.23. The maximum absolute atomic E-state index is 12.4. The number of hydrogen-bond acceptors (Lipinski definition) is 2. The normalized spacial score (nSPS) is 22.4. The van der Waals surface area contributed by atoms with Crippen molar-refractivity contribution in [2.75, 3.05) is 26.7 Å². The summed E-state index contributed by atoms with van der Waals surface area (Å²) in [4.78, 5) is 20.0. The zero-order valence-electron chi connectivity index (χ0n) is 15.2. The molecular weight excluding hydrogens is 312 g/mol. The fourth-order valence-electron chi connectivity index (χ4n) is 4.30. The summed E-state index contributed by atoms with van der Waals surface area (Å²) >= 11 is 0. The second-order valence-electron chi connectivity index (χ2n) is 7.05. The zero-order valence-corrected chi connectivity index (χ0v) is 15.2. The fourth-order valence-corrected chi connectivity index (χ4v) is 4.30. The molecule has 0 spiro atoms. The van der Waals surface area contributed by atoms with Crippen molar-refractivity contribution in [2.24, 2.45) is 0 Å². The fraction of sp³-hybridized carbons (Fsp3) is 0.450. The van der Waals surface area contributed by atoms with Crippen LogP contribution in [0.4, 0.5) is 4.79 Å². The lowest BCUT2D eigenvalue weighted by Crippen LogP contribution is -2.52. The van der Waals surface area contributed by atoms with E-state index in [4.69, 9.17) is 0 Å². The van der Waals surface area contributed by atoms with Gasteiger partial charge in [0.25, 0.3) is 0 Å². The van der Waals surface area contributed by atoms with E-state index in [0.717, 1.165) is 26.1 Å². The lowest BCUT2D eigenvalue weighted by Gasteiger charge is -2.40. The minimum absolute atomic E-state index is 0. The first-order valence-electron chi connectivity index (χ1n) is 9.19. The molecule has 1 aromatic carbocycles. The van der Waals surface area contributed by atoms with Crippen LogP contribution in [-0.4, -0.2) is 59.6 Å². The molecule has 1 aromatic heterocycles. The van der Waals surface area contributed by atoms with Gasteiger partial charge in [0, 0.05) is 45.6 Å². The van der Waals surface area contributed by atoms with E-state index < -0.39 is 0 Å². The van der Waals surface area contributed by atoms with E-state index in [2.05, 4.69) is 52.7 Å². The Morgan fingerprint density at radius 3 is 2.96 bits per heavy atom. The van der Waals surface area contributed by atoms with Crippen LogP contribution < -0.4 is 5.32 Å². The van der Waals surface area contributed by atoms with Crippen LogP contribution in [0.2, 0.25) is 0 Å². The third-order valence-electron chi connectivity index (χ3n) is 5.63. The number of carbonyl (C=O) groups excluding carboxylic acids is 1. The van der Waals surface area contributed by atoms with Crippen molar-refractivity contribution in [1.82, 2.24) is 20.1 Å². The number of urea groups is 1. The molecule has 0 radical (unpaired) electrons. The number of fused-ring (bicyclic) bond motifs is 2. The Balaban J connectivity index is 0.00000131. The van der Waals surface area contributed by atoms with Gasteiger partial charge < -0.3 is 15.2 Å². The number of hydrogen-bond donors (Lipinski definition) is 2. The van der Waals surface area contributed by atoms with Crippen molar-refractivity contribution < 1.29 is 7.65 Å². The van der Waals surface area contributed by atoms with Crippen molar-refractivity contribution in [3.8, 4) is 0 Å². The number of likely N-dealkylation sites (N-methyl/N-ethyl adjacent to an activating group) is 1. The number of aromatic nitrogens is 1. The molecule has 1 aliphatic carbocycles. The van der Waals surface area contributed by atoms with Gasteiger partial charge in [-0.15, -0.1) is 0 Å². The van der Waals surface area contributed by atoms with Crippen molar-refractivity contribution in [1.29, 1.82) is 0 Å². The Morgan fingerprint density at radius 1 is 1.40 bits per heavy atom. The van der Waals surface area contributed by atoms with Crippen LogP contribution in [0.1, 0.15) is 27.8 Å². The van der Waals surface area contributed by atoms with Gasteiger partial charge in [0.05, 0.1) is 6.04 Å². The number of amides is 2. The Hall–Kier alpha value is -2.27. The third kappa shape index (κ3) is 2.63. The van der Waals surface area contributed by atoms with Crippen LogP contribution in [0.15, 0.2) is 30.5 Å². The van der Waals surface area contributed by atoms with E-state index in [0.29, 0.717) is 6.04 Å². The highest BCUT2D eigenvalue weighted by molar-refractivity contribution is 5.98. The SMILES string of the molecule is CCN(CC)C(=O)N[C@H]1C=C2c3cccc4[nH]cc(c34)C[C@H]2N(C)C1.[HH].[HH]. The highest BCUT2D eigenvalue weighted by atomic mass is 16.2. The van der Waals surface area contributed by atoms with E-state index in [1.54, 1.807) is 0 Å². The lowest BCUT2D eigenvalue weighted by molar-refractivity contribution is 0.193. The summed E-state index contributed by atoms with van der Waals surface area (Å²) < 4.78 is 0. The van der Waals surface area contributed by atoms with Gasteiger partial charge in [-0.05, 0) is 50.1 Å². The van der Waals surface area contributed by atoms with E-state index in [-0.39, 0.29) is 14.9 Å². The zero-order chi connectivity index (χ0) is 17.6. The Labute approximate surface area is 151 Å². The monoisotopic (exact) mass is 342 g/mol. The van der Waals surface area contributed by atoms with Crippen LogP contribution in [-0.2, 0) is 6.42 Å². The Kier molecular flexibility index (Phi) is 4.04. The molecule has 0 saturated heterocycles. The van der Waals surface area contributed by atoms with E-state index >= 15 is 0 Å². The van der Waals surface area contributed by atoms with E-state index in [1.807, 2.05) is 18.7 Å². The minimum Gasteiger partial charge on any atom is -0.361 e. The predicted octanol–water partition coefficient (Wildman–Crippen LogP) is 3.33. The number of H-pyrrole nitrogens is 1. The number of benzene rings is 1. The molecule has 0 fully saturated rings. The number of aromatic amines is 1. The van der Waals surface area contributed by atoms with Gasteiger partial charge in [0.2, 0.25) is 0 Å². The number of nitrogens with zero attached hydrogens (tertiary/aromatic N) is 2. The van der Waals surface area contributed by atoms with Gasteiger partial charge in [0.1, 0.15) is 0 Å². The highest BCUT2D eigenvalue weighted by Crippen LogP contribution is 2.39. The quantitative estimate of drug-likeness (QED) is 0.899. The van der Waals surface area contributed by atoms with Gasteiger partial charge in [-0.2, -0.15) is 0 Å². The van der Waals surface area contributed by atoms with Gasteiger partial charge in [-0.1, -0.05) is 18.2 Å². The van der Waals surface area contributed by atoms with E-state index in [9.17, 15) is 4.79 Å². The predicted molar refractivity (Wildman–Crippen MR) is 106 cm³/mol. The molecule has 25 heavy (non-hydrogen) atoms. The molecule has 0 bridgehead atoms. The molecule has 4 rings (SSSR count). The van der Waals surface area contributed by atoms with Crippen LogP contribution in [0.5, 0.6) is 0 Å². The molecule has 0 saturated carbocycles. The van der Waals surface area contributed by atoms with Crippen LogP contribution >= 0.6 is 0 Å². The number of rotatable bonds is 3. The summed E-state index contributed by atoms with van der Waals surface area (Å²) in [5.74, 6) is 0. The summed E-state index contributed by atoms with van der Waals surface area (Å²) in [6.07, 6.45) is 5.44. The number of nitrogens with one attached hydrogen (secondary N) is 2. The maximum Gasteiger partial charge on any atom is 0.317 e. The summed E-state index contributed by atoms with van der Waals surface area (Å²) in [6, 6.07) is 6.90. The van der Waals surface area contributed by atoms with Gasteiger partial charge in [-0.25, -0.2) is 4.79 Å². The van der Waals surface area contributed by atoms with Crippen molar-refractivity contribution in [3.05, 3.63) is 41.6 Å². The highest BCUT2D eigenvalue weighted by Gasteiger charge is 2.34. The van der Waals surface area contributed by atoms with Crippen molar-refractivity contribution in [3.63, 3.8) is 0 Å². The average molecular weight is 342 g/mol. The van der Waals surface area contributed by atoms with E-state index in [1.165, 1.54) is 27.6 Å². The molecule has 5 heteroatoms. The molecular formula is C20H30N4O. The second-order valence-corrected chi connectivity index (χ2v) is 7.05. The largest absolute Gasteiger partial charge is 0.361 e. The molecule has 2 atom stereocenters. The summed E-state index contributed by atoms with van der Waals surface area (Å²) in [7, 11) is 2.16. The molecule has 136 valence electrons. The third-order valence-corrected chi connectivity index (χ3v) is 5.63. The van der Waals surface area contributed by atoms with Gasteiger partial charge in [-0.3, -0.25) is 4.90 Å². The minimum atomic E-state index is 0. The molecule has 2 aliphatic rings. The first kappa shape index (κ1) is 16.2. The Bertz CT molecular complexity index is 844. The van der Waals surface area contributed by atoms with Crippen molar-refractivity contribution in [2.45, 2.75) is 32.4 Å². The smallest absolute Gasteiger partial charge is 0.317 e. The maximum atomic E-state index is 12.4. The van der Waals surface area contributed by atoms with Gasteiger partial charge in [0.15, 0.2) is 0 Å². The average Bonchev–Trinajstić information content (AvgIpc) is 3.02. The topological polar surface area (TPSA) is 51.4 Å². The number of carbonyl (C=O) groups is 1. The molecule has 0 unspecified atom stereocenters. The molecule has 5 nitrogen and oxygen atoms in total. The standard InChI is InChI=1S/C20H26N4O.2H2/c1-4-24(5-2)20(25)22-14-10-16-15-7-6-8-17-19(15)13(11-21-17)9-18(16)23(3)12-14;;/h6-8,10-11,14,18,21H,4-5,9,12H2,1-3H3,(H,22,25);2*1H/t14-,18+;;/m0../s1. The summed E-state index contributed by atoms with van der Waals surface area (Å²) in [6.45, 7) is 6.34. The summed E-state index contributed by atoms with van der Waals surface area (Å²) in [5.41, 5.74) is 5.24. The van der Waals surface area contributed by atoms with Crippen LogP contribution in [0.3, 0.4) is 0 Å². The first-order chi connectivity index (χ1) is 12.1. The Morgan fingerprint density at radius 2 is 2.20 bits per heavy atom.